The van der Waals surface area contributed by atoms with Crippen LogP contribution in [-0.4, -0.2) is 22.1 Å². The van der Waals surface area contributed by atoms with Gasteiger partial charge in [0.05, 0.1) is 0 Å². The summed E-state index contributed by atoms with van der Waals surface area (Å²) >= 11 is 8.43. The molecule has 1 atom stereocenters. The molecule has 0 aliphatic rings. The number of carboxylic acid groups (broad SMARTS) is 1. The fraction of sp³-hybridized carbons (Fsp3) is 0.875. The molecule has 1 unspecified atom stereocenters. The van der Waals surface area contributed by atoms with Gasteiger partial charge in [-0.2, -0.15) is 25.3 Å². The highest BCUT2D eigenvalue weighted by Gasteiger charge is 2.03. The summed E-state index contributed by atoms with van der Waals surface area (Å²) in [7, 11) is 0. The topological polar surface area (TPSA) is 37.3 Å². The summed E-state index contributed by atoms with van der Waals surface area (Å²) in [5.74, 6) is 0.167. The lowest BCUT2D eigenvalue weighted by molar-refractivity contribution is -0.137. The van der Waals surface area contributed by atoms with E-state index in [9.17, 15) is 4.79 Å². The van der Waals surface area contributed by atoms with Crippen molar-refractivity contribution in [3.63, 3.8) is 0 Å². The van der Waals surface area contributed by atoms with E-state index in [1.165, 1.54) is 0 Å². The fourth-order valence-electron chi connectivity index (χ4n) is 0.960. The molecule has 1 N–H and O–H groups in total. The van der Waals surface area contributed by atoms with Crippen LogP contribution in [0.15, 0.2) is 0 Å². The lowest BCUT2D eigenvalue weighted by atomic mass is 10.1. The second-order valence-corrected chi connectivity index (χ2v) is 3.98. The standard InChI is InChI=1S/C8H16O2S2/c9-8(10)5-1-3-7(12)4-2-6-11/h7,11-12H,1-6H2,(H,9,10). The average molecular weight is 208 g/mol. The highest BCUT2D eigenvalue weighted by Crippen LogP contribution is 2.13. The highest BCUT2D eigenvalue weighted by molar-refractivity contribution is 7.81. The molecule has 0 aliphatic carbocycles. The third-order valence-electron chi connectivity index (χ3n) is 1.62. The van der Waals surface area contributed by atoms with Crippen LogP contribution in [-0.2, 0) is 4.79 Å². The van der Waals surface area contributed by atoms with Crippen molar-refractivity contribution in [2.75, 3.05) is 5.75 Å². The Morgan fingerprint density at radius 1 is 1.33 bits per heavy atom. The molecule has 0 rings (SSSR count). The van der Waals surface area contributed by atoms with E-state index in [0.717, 1.165) is 31.4 Å². The van der Waals surface area contributed by atoms with Crippen molar-refractivity contribution in [3.8, 4) is 0 Å². The molecule has 0 spiro atoms. The molecule has 2 nitrogen and oxygen atoms in total. The molecule has 0 aliphatic heterocycles. The Morgan fingerprint density at radius 2 is 1.92 bits per heavy atom. The lowest BCUT2D eigenvalue weighted by Gasteiger charge is -2.07. The van der Waals surface area contributed by atoms with Crippen LogP contribution < -0.4 is 0 Å². The zero-order chi connectivity index (χ0) is 9.40. The zero-order valence-corrected chi connectivity index (χ0v) is 8.86. The molecule has 0 bridgehead atoms. The number of aliphatic carboxylic acids is 1. The van der Waals surface area contributed by atoms with Crippen LogP contribution in [0.5, 0.6) is 0 Å². The first-order chi connectivity index (χ1) is 5.66. The molecule has 4 heteroatoms. The van der Waals surface area contributed by atoms with Crippen molar-refractivity contribution >= 4 is 31.2 Å². The van der Waals surface area contributed by atoms with E-state index in [1.807, 2.05) is 0 Å². The minimum absolute atomic E-state index is 0.262. The van der Waals surface area contributed by atoms with Crippen molar-refractivity contribution in [1.82, 2.24) is 0 Å². The van der Waals surface area contributed by atoms with Crippen molar-refractivity contribution in [3.05, 3.63) is 0 Å². The molecule has 0 fully saturated rings. The van der Waals surface area contributed by atoms with Gasteiger partial charge in [0.1, 0.15) is 0 Å². The van der Waals surface area contributed by atoms with Gasteiger partial charge in [0.15, 0.2) is 0 Å². The van der Waals surface area contributed by atoms with Crippen molar-refractivity contribution in [2.45, 2.75) is 37.4 Å². The molecule has 0 amide bonds. The fourth-order valence-corrected chi connectivity index (χ4v) is 1.51. The second kappa shape index (κ2) is 7.80. The van der Waals surface area contributed by atoms with Crippen LogP contribution in [0.4, 0.5) is 0 Å². The van der Waals surface area contributed by atoms with E-state index in [-0.39, 0.29) is 6.42 Å². The first-order valence-corrected chi connectivity index (χ1v) is 5.32. The molecular weight excluding hydrogens is 192 g/mol. The Morgan fingerprint density at radius 3 is 2.42 bits per heavy atom. The van der Waals surface area contributed by atoms with E-state index >= 15 is 0 Å². The van der Waals surface area contributed by atoms with Gasteiger partial charge >= 0.3 is 5.97 Å². The molecular formula is C8H16O2S2. The minimum atomic E-state index is -0.718. The van der Waals surface area contributed by atoms with Crippen molar-refractivity contribution in [1.29, 1.82) is 0 Å². The molecule has 0 aromatic heterocycles. The number of rotatable bonds is 7. The van der Waals surface area contributed by atoms with E-state index in [0.29, 0.717) is 5.25 Å². The third-order valence-corrected chi connectivity index (χ3v) is 2.46. The quantitative estimate of drug-likeness (QED) is 0.561. The molecule has 0 saturated carbocycles. The number of carboxylic acids is 1. The van der Waals surface area contributed by atoms with Gasteiger partial charge in [-0.3, -0.25) is 4.79 Å². The molecule has 72 valence electrons. The highest BCUT2D eigenvalue weighted by atomic mass is 32.1. The van der Waals surface area contributed by atoms with Crippen molar-refractivity contribution < 1.29 is 9.90 Å². The number of hydrogen-bond acceptors (Lipinski definition) is 3. The van der Waals surface area contributed by atoms with Gasteiger partial charge in [-0.1, -0.05) is 0 Å². The molecule has 0 aromatic carbocycles. The van der Waals surface area contributed by atoms with Crippen LogP contribution in [0.1, 0.15) is 32.1 Å². The summed E-state index contributed by atoms with van der Waals surface area (Å²) in [4.78, 5) is 10.2. The van der Waals surface area contributed by atoms with E-state index in [2.05, 4.69) is 25.3 Å². The monoisotopic (exact) mass is 208 g/mol. The zero-order valence-electron chi connectivity index (χ0n) is 7.07. The average Bonchev–Trinajstić information content (AvgIpc) is 2.00. The smallest absolute Gasteiger partial charge is 0.303 e. The molecule has 0 aromatic rings. The predicted molar refractivity (Wildman–Crippen MR) is 57.3 cm³/mol. The SMILES string of the molecule is O=C(O)CCCC(S)CCCS. The van der Waals surface area contributed by atoms with E-state index in [1.54, 1.807) is 0 Å². The van der Waals surface area contributed by atoms with E-state index < -0.39 is 5.97 Å². The van der Waals surface area contributed by atoms with Gasteiger partial charge in [-0.05, 0) is 31.4 Å². The number of thiol groups is 2. The van der Waals surface area contributed by atoms with Gasteiger partial charge in [-0.25, -0.2) is 0 Å². The van der Waals surface area contributed by atoms with Crippen LogP contribution in [0.2, 0.25) is 0 Å². The van der Waals surface area contributed by atoms with Crippen LogP contribution in [0.3, 0.4) is 0 Å². The molecule has 12 heavy (non-hydrogen) atoms. The molecule has 0 radical (unpaired) electrons. The molecule has 0 heterocycles. The first kappa shape index (κ1) is 12.2. The van der Waals surface area contributed by atoms with Gasteiger partial charge in [0, 0.05) is 11.7 Å². The summed E-state index contributed by atoms with van der Waals surface area (Å²) < 4.78 is 0. The maximum Gasteiger partial charge on any atom is 0.303 e. The van der Waals surface area contributed by atoms with Gasteiger partial charge in [0.2, 0.25) is 0 Å². The Labute approximate surface area is 84.6 Å². The maximum atomic E-state index is 10.2. The summed E-state index contributed by atoms with van der Waals surface area (Å²) in [6.07, 6.45) is 3.98. The summed E-state index contributed by atoms with van der Waals surface area (Å²) in [5.41, 5.74) is 0. The lowest BCUT2D eigenvalue weighted by Crippen LogP contribution is -2.01. The Kier molecular flexibility index (Phi) is 7.91. The van der Waals surface area contributed by atoms with Crippen molar-refractivity contribution in [2.24, 2.45) is 0 Å². The number of carbonyl (C=O) groups is 1. The van der Waals surface area contributed by atoms with Gasteiger partial charge in [0.25, 0.3) is 0 Å². The van der Waals surface area contributed by atoms with Crippen LogP contribution >= 0.6 is 25.3 Å². The second-order valence-electron chi connectivity index (χ2n) is 2.81. The Hall–Kier alpha value is 0.170. The number of hydrogen-bond donors (Lipinski definition) is 3. The van der Waals surface area contributed by atoms with Gasteiger partial charge in [-0.15, -0.1) is 0 Å². The third kappa shape index (κ3) is 8.27. The normalized spacial score (nSPS) is 12.8. The largest absolute Gasteiger partial charge is 0.481 e. The maximum absolute atomic E-state index is 10.2. The summed E-state index contributed by atoms with van der Waals surface area (Å²) in [6.45, 7) is 0. The minimum Gasteiger partial charge on any atom is -0.481 e. The van der Waals surface area contributed by atoms with E-state index in [4.69, 9.17) is 5.11 Å². The summed E-state index contributed by atoms with van der Waals surface area (Å²) in [6, 6.07) is 0. The Bertz CT molecular complexity index is 128. The first-order valence-electron chi connectivity index (χ1n) is 4.17. The van der Waals surface area contributed by atoms with Crippen LogP contribution in [0.25, 0.3) is 0 Å². The molecule has 0 saturated heterocycles. The van der Waals surface area contributed by atoms with Crippen LogP contribution in [0, 0.1) is 0 Å². The summed E-state index contributed by atoms with van der Waals surface area (Å²) in [5, 5.41) is 8.71. The Balaban J connectivity index is 3.19. The predicted octanol–water partition coefficient (Wildman–Crippen LogP) is 2.25. The van der Waals surface area contributed by atoms with Gasteiger partial charge < -0.3 is 5.11 Å².